The molecule has 0 aliphatic carbocycles. The summed E-state index contributed by atoms with van der Waals surface area (Å²) in [6.45, 7) is 14.4. The molecule has 1 aromatic heterocycles. The molecule has 6 nitrogen and oxygen atoms in total. The number of fused-ring (bicyclic) bond motifs is 6. The van der Waals surface area contributed by atoms with Crippen molar-refractivity contribution in [3.63, 3.8) is 0 Å². The average molecular weight is 594 g/mol. The number of hydrogen-bond acceptors (Lipinski definition) is 7. The molecular formula is C29H49BrN6S. The number of halogens is 1. The van der Waals surface area contributed by atoms with Crippen molar-refractivity contribution in [1.29, 1.82) is 0 Å². The van der Waals surface area contributed by atoms with Gasteiger partial charge in [0, 0.05) is 41.3 Å². The minimum absolute atomic E-state index is 0.208. The van der Waals surface area contributed by atoms with Gasteiger partial charge in [-0.15, -0.1) is 0 Å². The minimum Gasteiger partial charge on any atom is -0.298 e. The second-order valence-corrected chi connectivity index (χ2v) is 15.7. The minimum atomic E-state index is 0.208. The first-order valence-corrected chi connectivity index (χ1v) is 16.3. The predicted octanol–water partition coefficient (Wildman–Crippen LogP) is 5.77. The summed E-state index contributed by atoms with van der Waals surface area (Å²) < 4.78 is 4.95. The molecule has 8 heteroatoms. The Hall–Kier alpha value is -0.220. The van der Waals surface area contributed by atoms with Crippen LogP contribution >= 0.6 is 27.9 Å². The molecule has 0 spiro atoms. The van der Waals surface area contributed by atoms with Gasteiger partial charge in [0.2, 0.25) is 0 Å². The van der Waals surface area contributed by atoms with Crippen molar-refractivity contribution in [2.75, 3.05) is 13.1 Å². The van der Waals surface area contributed by atoms with Crippen LogP contribution in [0.2, 0.25) is 0 Å². The van der Waals surface area contributed by atoms with Crippen LogP contribution < -0.4 is 20.7 Å². The summed E-state index contributed by atoms with van der Waals surface area (Å²) in [5.74, 6) is 1.34. The first-order chi connectivity index (χ1) is 17.6. The van der Waals surface area contributed by atoms with Gasteiger partial charge in [-0.2, -0.15) is 0 Å². The van der Waals surface area contributed by atoms with Gasteiger partial charge in [-0.05, 0) is 88.7 Å². The van der Waals surface area contributed by atoms with Crippen molar-refractivity contribution in [2.45, 2.75) is 121 Å². The number of pyridine rings is 1. The van der Waals surface area contributed by atoms with Crippen molar-refractivity contribution in [3.05, 3.63) is 28.5 Å². The maximum atomic E-state index is 4.80. The molecule has 0 saturated carbocycles. The highest BCUT2D eigenvalue weighted by atomic mass is 79.9. The second-order valence-electron chi connectivity index (χ2n) is 13.7. The van der Waals surface area contributed by atoms with E-state index in [1.807, 2.05) is 24.2 Å². The fourth-order valence-corrected chi connectivity index (χ4v) is 8.64. The van der Waals surface area contributed by atoms with Crippen LogP contribution in [0.25, 0.3) is 0 Å². The Morgan fingerprint density at radius 3 is 2.68 bits per heavy atom. The highest BCUT2D eigenvalue weighted by Gasteiger charge is 2.47. The molecule has 5 heterocycles. The molecule has 7 unspecified atom stereocenters. The lowest BCUT2D eigenvalue weighted by molar-refractivity contribution is 0.00552. The van der Waals surface area contributed by atoms with Crippen LogP contribution in [0.3, 0.4) is 0 Å². The standard InChI is InChI=1S/C29H49BrN6S/c1-28(2,3)24-12-10-20-17-32-37-26-8-6-7-25(35-26)33-22(23-15-21(30)13-14-31-23)11-9-19-16-29(4,5)36(18-19)27(20)34-24/h13-15,19-20,22,24-27,32-35H,6-12,16-18H2,1-5H3/t19-,20?,22?,24?,25?,26?,27?/m0/s1. The number of piperidine rings is 2. The molecule has 4 saturated heterocycles. The smallest absolute Gasteiger partial charge is 0.0690 e. The van der Waals surface area contributed by atoms with Gasteiger partial charge in [0.25, 0.3) is 0 Å². The quantitative estimate of drug-likeness (QED) is 0.309. The molecule has 0 amide bonds. The summed E-state index contributed by atoms with van der Waals surface area (Å²) >= 11 is 5.60. The number of rotatable bonds is 1. The largest absolute Gasteiger partial charge is 0.298 e. The number of hydrogen-bond donors (Lipinski definition) is 4. The highest BCUT2D eigenvalue weighted by Crippen LogP contribution is 2.42. The molecule has 5 rings (SSSR count). The van der Waals surface area contributed by atoms with E-state index in [1.54, 1.807) is 0 Å². The van der Waals surface area contributed by atoms with Crippen LogP contribution in [0, 0.1) is 17.3 Å². The van der Waals surface area contributed by atoms with Crippen LogP contribution in [0.15, 0.2) is 22.8 Å². The molecule has 8 atom stereocenters. The molecule has 208 valence electrons. The van der Waals surface area contributed by atoms with Crippen molar-refractivity contribution in [3.8, 4) is 0 Å². The summed E-state index contributed by atoms with van der Waals surface area (Å²) in [4.78, 5) is 7.65. The van der Waals surface area contributed by atoms with E-state index in [1.165, 1.54) is 51.5 Å². The van der Waals surface area contributed by atoms with Crippen LogP contribution in [-0.2, 0) is 0 Å². The predicted molar refractivity (Wildman–Crippen MR) is 159 cm³/mol. The van der Waals surface area contributed by atoms with Gasteiger partial charge in [0.05, 0.1) is 29.4 Å². The topological polar surface area (TPSA) is 64.2 Å². The van der Waals surface area contributed by atoms with E-state index in [4.69, 9.17) is 4.98 Å². The van der Waals surface area contributed by atoms with Gasteiger partial charge in [-0.3, -0.25) is 30.6 Å². The fourth-order valence-electron chi connectivity index (χ4n) is 7.25. The molecule has 0 radical (unpaired) electrons. The lowest BCUT2D eigenvalue weighted by Crippen LogP contribution is -2.63. The molecular weight excluding hydrogens is 544 g/mol. The van der Waals surface area contributed by atoms with Gasteiger partial charge in [0.1, 0.15) is 0 Å². The zero-order valence-corrected chi connectivity index (χ0v) is 25.9. The van der Waals surface area contributed by atoms with Crippen LogP contribution in [-0.4, -0.2) is 52.3 Å². The van der Waals surface area contributed by atoms with Crippen LogP contribution in [0.5, 0.6) is 0 Å². The zero-order valence-electron chi connectivity index (χ0n) is 23.5. The van der Waals surface area contributed by atoms with Gasteiger partial charge in [0.15, 0.2) is 0 Å². The summed E-state index contributed by atoms with van der Waals surface area (Å²) in [5.41, 5.74) is 1.65. The fraction of sp³-hybridized carbons (Fsp3) is 0.828. The van der Waals surface area contributed by atoms with E-state index < -0.39 is 0 Å². The average Bonchev–Trinajstić information content (AvgIpc) is 3.14. The van der Waals surface area contributed by atoms with Crippen LogP contribution in [0.4, 0.5) is 0 Å². The number of aromatic nitrogens is 1. The third-order valence-electron chi connectivity index (χ3n) is 9.33. The van der Waals surface area contributed by atoms with Crippen molar-refractivity contribution < 1.29 is 0 Å². The van der Waals surface area contributed by atoms with E-state index in [9.17, 15) is 0 Å². The van der Waals surface area contributed by atoms with E-state index in [2.05, 4.69) is 82.2 Å². The Balaban J connectivity index is 1.40. The molecule has 37 heavy (non-hydrogen) atoms. The van der Waals surface area contributed by atoms with Crippen molar-refractivity contribution in [1.82, 2.24) is 30.6 Å². The lowest BCUT2D eigenvalue weighted by atomic mass is 9.78. The summed E-state index contributed by atoms with van der Waals surface area (Å²) in [6.07, 6.45) is 12.5. The molecule has 4 aliphatic rings. The monoisotopic (exact) mass is 592 g/mol. The maximum absolute atomic E-state index is 4.80. The first-order valence-electron chi connectivity index (χ1n) is 14.6. The molecule has 4 aliphatic heterocycles. The highest BCUT2D eigenvalue weighted by molar-refractivity contribution is 9.10. The third kappa shape index (κ3) is 6.93. The SMILES string of the molecule is CC(C)(C)C1CCC2CNSC3CCCC(N3)NC(c3cc(Br)ccn3)CC[C@@H]3CN(C2N1)C(C)(C)C3. The Kier molecular flexibility index (Phi) is 8.97. The molecule has 1 aromatic rings. The van der Waals surface area contributed by atoms with Gasteiger partial charge >= 0.3 is 0 Å². The van der Waals surface area contributed by atoms with Gasteiger partial charge in [-0.25, -0.2) is 0 Å². The Morgan fingerprint density at radius 2 is 1.89 bits per heavy atom. The molecule has 4 N–H and O–H groups in total. The Bertz CT molecular complexity index is 907. The molecule has 4 fully saturated rings. The molecule has 4 bridgehead atoms. The first kappa shape index (κ1) is 28.3. The molecule has 0 aromatic carbocycles. The van der Waals surface area contributed by atoms with Crippen molar-refractivity contribution >= 4 is 27.9 Å². The Labute approximate surface area is 237 Å². The lowest BCUT2D eigenvalue weighted by Gasteiger charge is -2.50. The maximum Gasteiger partial charge on any atom is 0.0690 e. The van der Waals surface area contributed by atoms with E-state index >= 15 is 0 Å². The number of nitrogens with zero attached hydrogens (tertiary/aromatic N) is 2. The van der Waals surface area contributed by atoms with Gasteiger partial charge in [-0.1, -0.05) is 48.6 Å². The van der Waals surface area contributed by atoms with E-state index in [0.29, 0.717) is 35.6 Å². The van der Waals surface area contributed by atoms with Crippen LogP contribution in [0.1, 0.15) is 97.7 Å². The zero-order chi connectivity index (χ0) is 26.2. The summed E-state index contributed by atoms with van der Waals surface area (Å²) in [7, 11) is 0. The Morgan fingerprint density at radius 1 is 1.05 bits per heavy atom. The normalized spacial score (nSPS) is 39.3. The van der Waals surface area contributed by atoms with E-state index in [0.717, 1.165) is 23.1 Å². The van der Waals surface area contributed by atoms with Gasteiger partial charge < -0.3 is 0 Å². The van der Waals surface area contributed by atoms with Crippen molar-refractivity contribution in [2.24, 2.45) is 17.3 Å². The third-order valence-corrected chi connectivity index (χ3v) is 10.8. The summed E-state index contributed by atoms with van der Waals surface area (Å²) in [6, 6.07) is 5.06. The number of nitrogens with one attached hydrogen (secondary N) is 4. The van der Waals surface area contributed by atoms with E-state index in [-0.39, 0.29) is 17.0 Å². The summed E-state index contributed by atoms with van der Waals surface area (Å²) in [5, 5.41) is 12.5. The second kappa shape index (κ2) is 11.7.